The molecule has 2 fully saturated rings. The van der Waals surface area contributed by atoms with Gasteiger partial charge in [0.2, 0.25) is 5.88 Å². The van der Waals surface area contributed by atoms with Crippen LogP contribution < -0.4 is 9.64 Å². The number of para-hydroxylation sites is 1. The van der Waals surface area contributed by atoms with Crippen molar-refractivity contribution in [2.45, 2.75) is 18.6 Å². The van der Waals surface area contributed by atoms with Crippen LogP contribution in [0.2, 0.25) is 0 Å². The lowest BCUT2D eigenvalue weighted by molar-refractivity contribution is 0.111. The average Bonchev–Trinajstić information content (AvgIpc) is 3.29. The van der Waals surface area contributed by atoms with Gasteiger partial charge in [-0.25, -0.2) is 9.78 Å². The summed E-state index contributed by atoms with van der Waals surface area (Å²) in [6.07, 6.45) is 2.01. The first-order chi connectivity index (χ1) is 13.2. The zero-order valence-corrected chi connectivity index (χ0v) is 14.8. The van der Waals surface area contributed by atoms with Crippen molar-refractivity contribution >= 4 is 11.8 Å². The number of hydrogen-bond donors (Lipinski definition) is 0. The third-order valence-corrected chi connectivity index (χ3v) is 4.79. The molecule has 2 aliphatic rings. The van der Waals surface area contributed by atoms with E-state index in [2.05, 4.69) is 9.88 Å². The minimum atomic E-state index is -0.292. The van der Waals surface area contributed by atoms with Crippen molar-refractivity contribution in [3.05, 3.63) is 54.2 Å². The zero-order chi connectivity index (χ0) is 18.6. The molecule has 1 aromatic heterocycles. The van der Waals surface area contributed by atoms with Crippen molar-refractivity contribution in [3.8, 4) is 11.9 Å². The molecule has 4 rings (SSSR count). The summed E-state index contributed by atoms with van der Waals surface area (Å²) in [4.78, 5) is 20.2. The van der Waals surface area contributed by atoms with Crippen LogP contribution in [0.3, 0.4) is 0 Å². The van der Waals surface area contributed by atoms with Gasteiger partial charge in [0, 0.05) is 37.6 Å². The van der Waals surface area contributed by atoms with E-state index in [4.69, 9.17) is 14.7 Å². The van der Waals surface area contributed by atoms with E-state index in [-0.39, 0.29) is 18.3 Å². The smallest absolute Gasteiger partial charge is 0.414 e. The molecule has 2 atom stereocenters. The van der Waals surface area contributed by atoms with E-state index in [1.165, 1.54) is 6.20 Å². The van der Waals surface area contributed by atoms with Gasteiger partial charge in [-0.2, -0.15) is 5.26 Å². The summed E-state index contributed by atoms with van der Waals surface area (Å²) in [6, 6.07) is 15.0. The summed E-state index contributed by atoms with van der Waals surface area (Å²) in [5.41, 5.74) is 1.38. The Kier molecular flexibility index (Phi) is 4.90. The van der Waals surface area contributed by atoms with Gasteiger partial charge in [-0.15, -0.1) is 0 Å². The predicted molar refractivity (Wildman–Crippen MR) is 98.5 cm³/mol. The highest BCUT2D eigenvalue weighted by atomic mass is 16.6. The molecule has 1 amide bonds. The minimum absolute atomic E-state index is 0.0489. The van der Waals surface area contributed by atoms with Crippen LogP contribution >= 0.6 is 0 Å². The number of carbonyl (C=O) groups excluding carboxylic acids is 1. The Balaban J connectivity index is 1.28. The summed E-state index contributed by atoms with van der Waals surface area (Å²) in [5, 5.41) is 8.82. The van der Waals surface area contributed by atoms with E-state index in [9.17, 15) is 4.79 Å². The maximum absolute atomic E-state index is 12.1. The van der Waals surface area contributed by atoms with E-state index in [1.807, 2.05) is 36.4 Å². The molecule has 27 heavy (non-hydrogen) atoms. The molecule has 0 spiro atoms. The average molecular weight is 364 g/mol. The number of aromatic nitrogens is 1. The van der Waals surface area contributed by atoms with E-state index in [0.717, 1.165) is 25.2 Å². The standard InChI is InChI=1S/C20H20N4O3/c21-10-15-6-7-19(22-11-15)26-17-8-9-23(12-17)13-18-14-24(20(25)27-18)16-4-2-1-3-5-16/h1-7,11,17-18H,8-9,12-14H2. The fraction of sp³-hybridized carbons (Fsp3) is 0.350. The zero-order valence-electron chi connectivity index (χ0n) is 14.8. The number of carbonyl (C=O) groups is 1. The van der Waals surface area contributed by atoms with Crippen LogP contribution in [0.15, 0.2) is 48.7 Å². The normalized spacial score (nSPS) is 22.5. The third-order valence-electron chi connectivity index (χ3n) is 4.79. The number of ether oxygens (including phenoxy) is 2. The predicted octanol–water partition coefficient (Wildman–Crippen LogP) is 2.43. The van der Waals surface area contributed by atoms with Crippen molar-refractivity contribution in [2.75, 3.05) is 31.1 Å². The number of rotatable bonds is 5. The second-order valence-corrected chi connectivity index (χ2v) is 6.74. The van der Waals surface area contributed by atoms with E-state index in [0.29, 0.717) is 24.5 Å². The number of pyridine rings is 1. The molecule has 0 saturated carbocycles. The molecule has 2 aliphatic heterocycles. The number of benzene rings is 1. The quantitative estimate of drug-likeness (QED) is 0.811. The first-order valence-electron chi connectivity index (χ1n) is 8.99. The molecule has 3 heterocycles. The lowest BCUT2D eigenvalue weighted by atomic mass is 10.2. The van der Waals surface area contributed by atoms with Gasteiger partial charge >= 0.3 is 6.09 Å². The molecule has 2 saturated heterocycles. The second-order valence-electron chi connectivity index (χ2n) is 6.74. The van der Waals surface area contributed by atoms with E-state index >= 15 is 0 Å². The van der Waals surface area contributed by atoms with Gasteiger partial charge in [0.05, 0.1) is 12.1 Å². The monoisotopic (exact) mass is 364 g/mol. The molecule has 0 N–H and O–H groups in total. The van der Waals surface area contributed by atoms with Crippen molar-refractivity contribution in [2.24, 2.45) is 0 Å². The van der Waals surface area contributed by atoms with Crippen LogP contribution in [-0.4, -0.2) is 54.4 Å². The second kappa shape index (κ2) is 7.64. The van der Waals surface area contributed by atoms with Gasteiger partial charge in [-0.1, -0.05) is 18.2 Å². The Labute approximate surface area is 157 Å². The van der Waals surface area contributed by atoms with Gasteiger partial charge in [-0.3, -0.25) is 9.80 Å². The highest BCUT2D eigenvalue weighted by molar-refractivity contribution is 5.89. The lowest BCUT2D eigenvalue weighted by Gasteiger charge is -2.19. The van der Waals surface area contributed by atoms with Crippen molar-refractivity contribution in [3.63, 3.8) is 0 Å². The number of cyclic esters (lactones) is 1. The molecule has 0 aliphatic carbocycles. The first-order valence-corrected chi connectivity index (χ1v) is 8.99. The van der Waals surface area contributed by atoms with Crippen molar-refractivity contribution in [1.29, 1.82) is 5.26 Å². The molecule has 1 aromatic carbocycles. The fourth-order valence-corrected chi connectivity index (χ4v) is 3.47. The van der Waals surface area contributed by atoms with Crippen molar-refractivity contribution < 1.29 is 14.3 Å². The molecule has 138 valence electrons. The molecule has 0 radical (unpaired) electrons. The summed E-state index contributed by atoms with van der Waals surface area (Å²) < 4.78 is 11.4. The topological polar surface area (TPSA) is 78.7 Å². The fourth-order valence-electron chi connectivity index (χ4n) is 3.47. The Bertz CT molecular complexity index is 835. The lowest BCUT2D eigenvalue weighted by Crippen LogP contribution is -2.34. The number of nitrogens with zero attached hydrogens (tertiary/aromatic N) is 4. The maximum atomic E-state index is 12.1. The first kappa shape index (κ1) is 17.3. The van der Waals surface area contributed by atoms with Gasteiger partial charge in [0.1, 0.15) is 18.3 Å². The van der Waals surface area contributed by atoms with Crippen LogP contribution in [0.4, 0.5) is 10.5 Å². The molecule has 2 aromatic rings. The Morgan fingerprint density at radius 2 is 2.07 bits per heavy atom. The van der Waals surface area contributed by atoms with Gasteiger partial charge in [0.15, 0.2) is 0 Å². The minimum Gasteiger partial charge on any atom is -0.473 e. The molecule has 2 unspecified atom stereocenters. The highest BCUT2D eigenvalue weighted by Gasteiger charge is 2.35. The molecular formula is C20H20N4O3. The van der Waals surface area contributed by atoms with Gasteiger partial charge in [-0.05, 0) is 24.6 Å². The SMILES string of the molecule is N#Cc1ccc(OC2CCN(CC3CN(c4ccccc4)C(=O)O3)C2)nc1. The van der Waals surface area contributed by atoms with Gasteiger partial charge < -0.3 is 9.47 Å². The summed E-state index contributed by atoms with van der Waals surface area (Å²) in [6.45, 7) is 2.90. The summed E-state index contributed by atoms with van der Waals surface area (Å²) >= 11 is 0. The van der Waals surface area contributed by atoms with Crippen LogP contribution in [0.1, 0.15) is 12.0 Å². The molecule has 7 heteroatoms. The third kappa shape index (κ3) is 4.01. The molecule has 0 bridgehead atoms. The maximum Gasteiger partial charge on any atom is 0.414 e. The summed E-state index contributed by atoms with van der Waals surface area (Å²) in [5.74, 6) is 0.531. The number of likely N-dealkylation sites (tertiary alicyclic amines) is 1. The number of anilines is 1. The highest BCUT2D eigenvalue weighted by Crippen LogP contribution is 2.23. The van der Waals surface area contributed by atoms with E-state index < -0.39 is 0 Å². The molecule has 7 nitrogen and oxygen atoms in total. The van der Waals surface area contributed by atoms with Crippen LogP contribution in [0, 0.1) is 11.3 Å². The molecular weight excluding hydrogens is 344 g/mol. The van der Waals surface area contributed by atoms with E-state index in [1.54, 1.807) is 17.0 Å². The Hall–Kier alpha value is -3.11. The van der Waals surface area contributed by atoms with Crippen LogP contribution in [-0.2, 0) is 4.74 Å². The summed E-state index contributed by atoms with van der Waals surface area (Å²) in [7, 11) is 0. The number of hydrogen-bond acceptors (Lipinski definition) is 6. The van der Waals surface area contributed by atoms with Crippen molar-refractivity contribution in [1.82, 2.24) is 9.88 Å². The number of nitriles is 1. The van der Waals surface area contributed by atoms with Gasteiger partial charge in [0.25, 0.3) is 0 Å². The Morgan fingerprint density at radius 1 is 1.22 bits per heavy atom. The number of amides is 1. The Morgan fingerprint density at radius 3 is 2.81 bits per heavy atom. The van der Waals surface area contributed by atoms with Crippen LogP contribution in [0.5, 0.6) is 5.88 Å². The van der Waals surface area contributed by atoms with Crippen LogP contribution in [0.25, 0.3) is 0 Å². The largest absolute Gasteiger partial charge is 0.473 e.